The molecule has 1 aliphatic carbocycles. The lowest BCUT2D eigenvalue weighted by Crippen LogP contribution is -2.50. The predicted octanol–water partition coefficient (Wildman–Crippen LogP) is 2.56. The number of carboxylic acids is 1. The molecule has 20 heavy (non-hydrogen) atoms. The number of rotatable bonds is 5. The van der Waals surface area contributed by atoms with Gasteiger partial charge in [0.2, 0.25) is 0 Å². The molecule has 2 amide bonds. The Labute approximate surface area is 121 Å². The Balaban J connectivity index is 2.56. The molecule has 0 aliphatic heterocycles. The molecule has 2 N–H and O–H groups in total. The van der Waals surface area contributed by atoms with Crippen molar-refractivity contribution in [3.63, 3.8) is 0 Å². The van der Waals surface area contributed by atoms with E-state index in [9.17, 15) is 9.59 Å². The molecule has 4 atom stereocenters. The van der Waals surface area contributed by atoms with E-state index >= 15 is 0 Å². The van der Waals surface area contributed by atoms with Crippen molar-refractivity contribution in [1.82, 2.24) is 10.2 Å². The Morgan fingerprint density at radius 1 is 1.35 bits per heavy atom. The van der Waals surface area contributed by atoms with Crippen LogP contribution in [0.15, 0.2) is 0 Å². The molecule has 1 saturated carbocycles. The molecule has 0 heterocycles. The van der Waals surface area contributed by atoms with E-state index in [0.717, 1.165) is 12.8 Å². The first-order chi connectivity index (χ1) is 9.36. The maximum Gasteiger partial charge on any atom is 0.317 e. The zero-order chi connectivity index (χ0) is 15.3. The van der Waals surface area contributed by atoms with Crippen LogP contribution in [0.25, 0.3) is 0 Å². The van der Waals surface area contributed by atoms with Crippen LogP contribution in [0.1, 0.15) is 47.0 Å². The number of hydrogen-bond acceptors (Lipinski definition) is 2. The molecule has 0 bridgehead atoms. The van der Waals surface area contributed by atoms with Gasteiger partial charge in [-0.05, 0) is 25.2 Å². The average molecular weight is 284 g/mol. The van der Waals surface area contributed by atoms with Crippen molar-refractivity contribution in [2.24, 2.45) is 17.8 Å². The summed E-state index contributed by atoms with van der Waals surface area (Å²) in [6.07, 6.45) is 3.39. The molecule has 0 aromatic heterocycles. The highest BCUT2D eigenvalue weighted by molar-refractivity contribution is 5.76. The van der Waals surface area contributed by atoms with E-state index in [1.54, 1.807) is 11.8 Å². The number of aliphatic carboxylic acids is 1. The highest BCUT2D eigenvalue weighted by Crippen LogP contribution is 2.29. The minimum atomic E-state index is -0.865. The van der Waals surface area contributed by atoms with Crippen molar-refractivity contribution in [3.05, 3.63) is 0 Å². The van der Waals surface area contributed by atoms with E-state index in [1.165, 1.54) is 6.42 Å². The molecular formula is C15H28N2O3. The predicted molar refractivity (Wildman–Crippen MR) is 78.5 cm³/mol. The first kappa shape index (κ1) is 16.8. The number of carbonyl (C=O) groups is 2. The Hall–Kier alpha value is -1.26. The van der Waals surface area contributed by atoms with Gasteiger partial charge in [0.25, 0.3) is 0 Å². The van der Waals surface area contributed by atoms with Gasteiger partial charge in [0.05, 0.1) is 5.92 Å². The Morgan fingerprint density at radius 3 is 2.55 bits per heavy atom. The highest BCUT2D eigenvalue weighted by Gasteiger charge is 2.29. The van der Waals surface area contributed by atoms with E-state index in [-0.39, 0.29) is 18.6 Å². The van der Waals surface area contributed by atoms with Crippen LogP contribution in [0.4, 0.5) is 4.79 Å². The number of amides is 2. The van der Waals surface area contributed by atoms with Crippen LogP contribution >= 0.6 is 0 Å². The third-order valence-electron chi connectivity index (χ3n) is 4.60. The van der Waals surface area contributed by atoms with Gasteiger partial charge in [0.15, 0.2) is 0 Å². The molecule has 5 nitrogen and oxygen atoms in total. The molecule has 0 saturated heterocycles. The summed E-state index contributed by atoms with van der Waals surface area (Å²) in [4.78, 5) is 24.8. The quantitative estimate of drug-likeness (QED) is 0.815. The van der Waals surface area contributed by atoms with Gasteiger partial charge in [0, 0.05) is 19.1 Å². The minimum Gasteiger partial charge on any atom is -0.481 e. The monoisotopic (exact) mass is 284 g/mol. The summed E-state index contributed by atoms with van der Waals surface area (Å²) in [6, 6.07) is 0.0759. The van der Waals surface area contributed by atoms with Gasteiger partial charge < -0.3 is 15.3 Å². The van der Waals surface area contributed by atoms with Gasteiger partial charge in [-0.2, -0.15) is 0 Å². The average Bonchev–Trinajstić information content (AvgIpc) is 2.40. The number of hydrogen-bond donors (Lipinski definition) is 2. The summed E-state index contributed by atoms with van der Waals surface area (Å²) < 4.78 is 0. The summed E-state index contributed by atoms with van der Waals surface area (Å²) >= 11 is 0. The van der Waals surface area contributed by atoms with Crippen LogP contribution < -0.4 is 5.32 Å². The summed E-state index contributed by atoms with van der Waals surface area (Å²) in [6.45, 7) is 8.71. The van der Waals surface area contributed by atoms with Crippen molar-refractivity contribution < 1.29 is 14.7 Å². The number of carboxylic acid groups (broad SMARTS) is 1. The second-order valence-corrected chi connectivity index (χ2v) is 6.10. The third-order valence-corrected chi connectivity index (χ3v) is 4.60. The zero-order valence-corrected chi connectivity index (χ0v) is 13.1. The van der Waals surface area contributed by atoms with Crippen LogP contribution in [0.2, 0.25) is 0 Å². The van der Waals surface area contributed by atoms with Gasteiger partial charge in [-0.3, -0.25) is 4.79 Å². The molecule has 4 unspecified atom stereocenters. The van der Waals surface area contributed by atoms with E-state index in [1.807, 2.05) is 6.92 Å². The fourth-order valence-corrected chi connectivity index (χ4v) is 2.80. The SMILES string of the molecule is CCN(CC(C)C(=O)O)C(=O)NC1CCCC(C)C1C. The van der Waals surface area contributed by atoms with Crippen molar-refractivity contribution >= 4 is 12.0 Å². The van der Waals surface area contributed by atoms with Gasteiger partial charge in [-0.15, -0.1) is 0 Å². The number of urea groups is 1. The van der Waals surface area contributed by atoms with E-state index in [2.05, 4.69) is 19.2 Å². The Kier molecular flexibility index (Phi) is 6.30. The van der Waals surface area contributed by atoms with Gasteiger partial charge in [-0.1, -0.05) is 33.6 Å². The zero-order valence-electron chi connectivity index (χ0n) is 13.1. The Morgan fingerprint density at radius 2 is 2.00 bits per heavy atom. The van der Waals surface area contributed by atoms with Crippen LogP contribution in [-0.4, -0.2) is 41.1 Å². The fourth-order valence-electron chi connectivity index (χ4n) is 2.80. The normalized spacial score (nSPS) is 27.7. The van der Waals surface area contributed by atoms with Crippen molar-refractivity contribution in [1.29, 1.82) is 0 Å². The number of nitrogens with zero attached hydrogens (tertiary/aromatic N) is 1. The van der Waals surface area contributed by atoms with Crippen LogP contribution in [-0.2, 0) is 4.79 Å². The van der Waals surface area contributed by atoms with Gasteiger partial charge in [0.1, 0.15) is 0 Å². The van der Waals surface area contributed by atoms with Crippen molar-refractivity contribution in [2.75, 3.05) is 13.1 Å². The van der Waals surface area contributed by atoms with Crippen LogP contribution in [0, 0.1) is 17.8 Å². The van der Waals surface area contributed by atoms with E-state index < -0.39 is 11.9 Å². The summed E-state index contributed by atoms with van der Waals surface area (Å²) in [5.41, 5.74) is 0. The molecule has 1 aliphatic rings. The largest absolute Gasteiger partial charge is 0.481 e. The lowest BCUT2D eigenvalue weighted by molar-refractivity contribution is -0.141. The topological polar surface area (TPSA) is 69.6 Å². The molecule has 5 heteroatoms. The van der Waals surface area contributed by atoms with Crippen molar-refractivity contribution in [2.45, 2.75) is 53.0 Å². The molecule has 1 fully saturated rings. The number of carbonyl (C=O) groups excluding carboxylic acids is 1. The Bertz CT molecular complexity index is 346. The lowest BCUT2D eigenvalue weighted by atomic mass is 9.78. The van der Waals surface area contributed by atoms with E-state index in [4.69, 9.17) is 5.11 Å². The third kappa shape index (κ3) is 4.39. The molecule has 0 spiro atoms. The summed E-state index contributed by atoms with van der Waals surface area (Å²) in [7, 11) is 0. The van der Waals surface area contributed by atoms with Gasteiger partial charge >= 0.3 is 12.0 Å². The maximum absolute atomic E-state index is 12.3. The molecule has 1 rings (SSSR count). The highest BCUT2D eigenvalue weighted by atomic mass is 16.4. The van der Waals surface area contributed by atoms with Crippen LogP contribution in [0.5, 0.6) is 0 Å². The lowest BCUT2D eigenvalue weighted by Gasteiger charge is -2.36. The molecular weight excluding hydrogens is 256 g/mol. The molecule has 0 aromatic carbocycles. The second-order valence-electron chi connectivity index (χ2n) is 6.10. The summed E-state index contributed by atoms with van der Waals surface area (Å²) in [5, 5.41) is 12.0. The smallest absolute Gasteiger partial charge is 0.317 e. The maximum atomic E-state index is 12.3. The van der Waals surface area contributed by atoms with Gasteiger partial charge in [-0.25, -0.2) is 4.79 Å². The van der Waals surface area contributed by atoms with Crippen molar-refractivity contribution in [3.8, 4) is 0 Å². The first-order valence-corrected chi connectivity index (χ1v) is 7.65. The standard InChI is InChI=1S/C15H28N2O3/c1-5-17(9-11(3)14(18)19)15(20)16-13-8-6-7-10(2)12(13)4/h10-13H,5-9H2,1-4H3,(H,16,20)(H,18,19). The second kappa shape index (κ2) is 7.50. The number of nitrogens with one attached hydrogen (secondary N) is 1. The fraction of sp³-hybridized carbons (Fsp3) is 0.867. The summed E-state index contributed by atoms with van der Waals surface area (Å²) in [5.74, 6) is -0.301. The van der Waals surface area contributed by atoms with Crippen LogP contribution in [0.3, 0.4) is 0 Å². The first-order valence-electron chi connectivity index (χ1n) is 7.65. The van der Waals surface area contributed by atoms with E-state index in [0.29, 0.717) is 18.4 Å². The molecule has 0 aromatic rings. The molecule has 116 valence electrons. The molecule has 0 radical (unpaired) electrons. The minimum absolute atomic E-state index is 0.133.